The fourth-order valence-electron chi connectivity index (χ4n) is 7.82. The summed E-state index contributed by atoms with van der Waals surface area (Å²) in [5, 5.41) is 8.76. The highest BCUT2D eigenvalue weighted by molar-refractivity contribution is 5.95. The van der Waals surface area contributed by atoms with Crippen molar-refractivity contribution in [3.8, 4) is 0 Å². The number of ether oxygens (including phenoxy) is 2. The number of halogens is 3. The van der Waals surface area contributed by atoms with Crippen molar-refractivity contribution in [3.63, 3.8) is 0 Å². The van der Waals surface area contributed by atoms with Crippen LogP contribution in [0.2, 0.25) is 0 Å². The van der Waals surface area contributed by atoms with E-state index >= 15 is 8.78 Å². The highest BCUT2D eigenvalue weighted by atomic mass is 19.2. The zero-order valence-corrected chi connectivity index (χ0v) is 21.5. The Labute approximate surface area is 214 Å². The first-order valence-corrected chi connectivity index (χ1v) is 13.1. The van der Waals surface area contributed by atoms with Gasteiger partial charge < -0.3 is 14.6 Å². The van der Waals surface area contributed by atoms with Crippen LogP contribution in [0.25, 0.3) is 0 Å². The van der Waals surface area contributed by atoms with Gasteiger partial charge in [-0.2, -0.15) is 0 Å². The number of carbonyl (C=O) groups is 4. The standard InChI is InChI=1S/C27H35F3O7/c1-14(37-21(34)7-11-31)24(35)36-13-20(33)16-5-4-15-17-12-18(28)22-23(29)19(32)6-8-26(22,3)27(17,30)10-9-25(15,16)2/h14-18,31H,4-13H2,1-3H3/t14?,15-,16+,17-,18-,25-,26-,27+/m0/s1. The van der Waals surface area contributed by atoms with Crippen LogP contribution in [0, 0.1) is 28.6 Å². The second kappa shape index (κ2) is 9.82. The van der Waals surface area contributed by atoms with Crippen molar-refractivity contribution in [1.82, 2.24) is 0 Å². The van der Waals surface area contributed by atoms with Gasteiger partial charge in [0.25, 0.3) is 0 Å². The van der Waals surface area contributed by atoms with Gasteiger partial charge in [0, 0.05) is 29.2 Å². The Morgan fingerprint density at radius 3 is 2.51 bits per heavy atom. The molecule has 8 atom stereocenters. The average Bonchev–Trinajstić information content (AvgIpc) is 3.19. The maximum Gasteiger partial charge on any atom is 0.347 e. The molecule has 0 aromatic heterocycles. The molecule has 0 aliphatic heterocycles. The minimum atomic E-state index is -1.88. The normalized spacial score (nSPS) is 39.8. The molecular formula is C27H35F3O7. The number of carbonyl (C=O) groups excluding carboxylic acids is 4. The first-order valence-electron chi connectivity index (χ1n) is 13.1. The van der Waals surface area contributed by atoms with E-state index in [1.54, 1.807) is 6.92 Å². The third-order valence-electron chi connectivity index (χ3n) is 9.83. The third-order valence-corrected chi connectivity index (χ3v) is 9.83. The molecule has 10 heteroatoms. The molecule has 0 amide bonds. The zero-order valence-electron chi connectivity index (χ0n) is 21.5. The number of alkyl halides is 2. The molecular weight excluding hydrogens is 493 g/mol. The van der Waals surface area contributed by atoms with E-state index in [0.717, 1.165) is 0 Å². The molecule has 7 nitrogen and oxygen atoms in total. The van der Waals surface area contributed by atoms with Crippen LogP contribution >= 0.6 is 0 Å². The summed E-state index contributed by atoms with van der Waals surface area (Å²) in [6.45, 7) is 3.80. The van der Waals surface area contributed by atoms with Gasteiger partial charge in [-0.3, -0.25) is 14.4 Å². The molecule has 4 aliphatic rings. The molecule has 0 heterocycles. The Kier molecular flexibility index (Phi) is 7.38. The molecule has 0 bridgehead atoms. The summed E-state index contributed by atoms with van der Waals surface area (Å²) >= 11 is 0. The summed E-state index contributed by atoms with van der Waals surface area (Å²) in [5.41, 5.74) is -4.25. The second-order valence-electron chi connectivity index (χ2n) is 11.6. The van der Waals surface area contributed by atoms with Gasteiger partial charge in [-0.25, -0.2) is 18.0 Å². The minimum Gasteiger partial charge on any atom is -0.455 e. The summed E-state index contributed by atoms with van der Waals surface area (Å²) in [6.07, 6.45) is -2.29. The van der Waals surface area contributed by atoms with Crippen LogP contribution in [0.3, 0.4) is 0 Å². The molecule has 3 fully saturated rings. The average molecular weight is 529 g/mol. The summed E-state index contributed by atoms with van der Waals surface area (Å²) in [7, 11) is 0. The van der Waals surface area contributed by atoms with Crippen LogP contribution in [-0.2, 0) is 28.7 Å². The van der Waals surface area contributed by atoms with Crippen molar-refractivity contribution in [2.24, 2.45) is 28.6 Å². The van der Waals surface area contributed by atoms with Gasteiger partial charge in [0.2, 0.25) is 0 Å². The highest BCUT2D eigenvalue weighted by Crippen LogP contribution is 2.70. The lowest BCUT2D eigenvalue weighted by molar-refractivity contribution is -0.170. The van der Waals surface area contributed by atoms with Gasteiger partial charge in [0.15, 0.2) is 23.5 Å². The Balaban J connectivity index is 1.48. The molecule has 0 radical (unpaired) electrons. The molecule has 1 N–H and O–H groups in total. The number of allylic oxidation sites excluding steroid dienone is 1. The lowest BCUT2D eigenvalue weighted by Crippen LogP contribution is -2.63. The van der Waals surface area contributed by atoms with Crippen molar-refractivity contribution in [1.29, 1.82) is 0 Å². The van der Waals surface area contributed by atoms with Crippen LogP contribution in [-0.4, -0.2) is 59.8 Å². The third kappa shape index (κ3) is 4.33. The van der Waals surface area contributed by atoms with Gasteiger partial charge in [0.1, 0.15) is 18.4 Å². The lowest BCUT2D eigenvalue weighted by Gasteiger charge is -2.61. The van der Waals surface area contributed by atoms with Crippen LogP contribution < -0.4 is 0 Å². The summed E-state index contributed by atoms with van der Waals surface area (Å²) in [6, 6.07) is 0. The second-order valence-corrected chi connectivity index (χ2v) is 11.6. The van der Waals surface area contributed by atoms with Crippen LogP contribution in [0.15, 0.2) is 11.4 Å². The first kappa shape index (κ1) is 27.8. The van der Waals surface area contributed by atoms with Crippen molar-refractivity contribution in [2.45, 2.75) is 90.1 Å². The molecule has 0 spiro atoms. The Morgan fingerprint density at radius 2 is 1.84 bits per heavy atom. The monoisotopic (exact) mass is 528 g/mol. The van der Waals surface area contributed by atoms with E-state index in [0.29, 0.717) is 19.3 Å². The van der Waals surface area contributed by atoms with Gasteiger partial charge in [-0.15, -0.1) is 0 Å². The smallest absolute Gasteiger partial charge is 0.347 e. The molecule has 37 heavy (non-hydrogen) atoms. The largest absolute Gasteiger partial charge is 0.455 e. The van der Waals surface area contributed by atoms with Crippen LogP contribution in [0.5, 0.6) is 0 Å². The van der Waals surface area contributed by atoms with Gasteiger partial charge >= 0.3 is 11.9 Å². The topological polar surface area (TPSA) is 107 Å². The number of hydrogen-bond donors (Lipinski definition) is 1. The summed E-state index contributed by atoms with van der Waals surface area (Å²) < 4.78 is 57.1. The Hall–Kier alpha value is -2.23. The summed E-state index contributed by atoms with van der Waals surface area (Å²) in [5.74, 6) is -5.43. The molecule has 0 aromatic rings. The lowest BCUT2D eigenvalue weighted by atomic mass is 9.44. The van der Waals surface area contributed by atoms with Crippen molar-refractivity contribution in [3.05, 3.63) is 11.4 Å². The number of fused-ring (bicyclic) bond motifs is 5. The fourth-order valence-corrected chi connectivity index (χ4v) is 7.82. The fraction of sp³-hybridized carbons (Fsp3) is 0.778. The number of hydrogen-bond acceptors (Lipinski definition) is 7. The maximum absolute atomic E-state index is 17.0. The van der Waals surface area contributed by atoms with E-state index in [1.807, 2.05) is 6.92 Å². The van der Waals surface area contributed by atoms with Crippen LogP contribution in [0.4, 0.5) is 13.2 Å². The van der Waals surface area contributed by atoms with E-state index in [2.05, 4.69) is 0 Å². The highest BCUT2D eigenvalue weighted by Gasteiger charge is 2.70. The van der Waals surface area contributed by atoms with E-state index in [4.69, 9.17) is 14.6 Å². The maximum atomic E-state index is 17.0. The van der Waals surface area contributed by atoms with Crippen molar-refractivity contribution >= 4 is 23.5 Å². The number of ketones is 2. The van der Waals surface area contributed by atoms with Gasteiger partial charge in [0.05, 0.1) is 13.0 Å². The molecule has 4 aliphatic carbocycles. The van der Waals surface area contributed by atoms with Crippen LogP contribution in [0.1, 0.15) is 72.1 Å². The first-order chi connectivity index (χ1) is 17.3. The Morgan fingerprint density at radius 1 is 1.14 bits per heavy atom. The van der Waals surface area contributed by atoms with Gasteiger partial charge in [-0.05, 0) is 56.8 Å². The zero-order chi connectivity index (χ0) is 27.3. The molecule has 0 saturated heterocycles. The molecule has 206 valence electrons. The van der Waals surface area contributed by atoms with E-state index in [1.165, 1.54) is 6.92 Å². The van der Waals surface area contributed by atoms with E-state index in [-0.39, 0.29) is 49.4 Å². The minimum absolute atomic E-state index is 0.0280. The SMILES string of the molecule is CC(OC(=O)CCO)C(=O)OCC(=O)[C@H]1CC[C@H]2[C@@H]3C[C@H](F)C4=C(F)C(=O)CC[C@]4(C)[C@@]3(F)CC[C@]12C. The quantitative estimate of drug-likeness (QED) is 0.500. The van der Waals surface area contributed by atoms with E-state index in [9.17, 15) is 23.6 Å². The number of esters is 2. The molecule has 3 saturated carbocycles. The number of aliphatic hydroxyl groups is 1. The number of aliphatic hydroxyl groups excluding tert-OH is 1. The molecule has 0 aromatic carbocycles. The predicted molar refractivity (Wildman–Crippen MR) is 124 cm³/mol. The molecule has 1 unspecified atom stereocenters. The van der Waals surface area contributed by atoms with Gasteiger partial charge in [-0.1, -0.05) is 13.8 Å². The molecule has 4 rings (SSSR count). The number of Topliss-reactive ketones (excluding diaryl/α,β-unsaturated/α-hetero) is 2. The Bertz CT molecular complexity index is 1030. The van der Waals surface area contributed by atoms with Crippen molar-refractivity contribution in [2.75, 3.05) is 13.2 Å². The van der Waals surface area contributed by atoms with Crippen molar-refractivity contribution < 1.29 is 46.9 Å². The summed E-state index contributed by atoms with van der Waals surface area (Å²) in [4.78, 5) is 48.8. The van der Waals surface area contributed by atoms with E-state index < -0.39 is 77.4 Å². The predicted octanol–water partition coefficient (Wildman–Crippen LogP) is 3.90. The number of rotatable bonds is 7.